The summed E-state index contributed by atoms with van der Waals surface area (Å²) in [7, 11) is 1.63. The first-order valence-corrected chi connectivity index (χ1v) is 10.9. The zero-order valence-electron chi connectivity index (χ0n) is 17.2. The number of thioether (sulfide) groups is 1. The number of benzene rings is 3. The van der Waals surface area contributed by atoms with Crippen LogP contribution in [0.25, 0.3) is 22.2 Å². The van der Waals surface area contributed by atoms with Gasteiger partial charge in [-0.25, -0.2) is 10.4 Å². The molecule has 1 amide bonds. The lowest BCUT2D eigenvalue weighted by Crippen LogP contribution is -2.18. The zero-order chi connectivity index (χ0) is 21.6. The maximum Gasteiger partial charge on any atom is 0.272 e. The van der Waals surface area contributed by atoms with Gasteiger partial charge in [0.2, 0.25) is 0 Å². The summed E-state index contributed by atoms with van der Waals surface area (Å²) in [6, 6.07) is 24.9. The fraction of sp³-hybridized carbons (Fsp3) is 0.0800. The zero-order valence-corrected chi connectivity index (χ0v) is 18.0. The Balaban J connectivity index is 1.63. The smallest absolute Gasteiger partial charge is 0.272 e. The van der Waals surface area contributed by atoms with Gasteiger partial charge in [-0.3, -0.25) is 4.79 Å². The summed E-state index contributed by atoms with van der Waals surface area (Å²) < 4.78 is 5.23. The molecule has 0 aliphatic rings. The van der Waals surface area contributed by atoms with Crippen LogP contribution in [0, 0.1) is 0 Å². The number of nitrogens with zero attached hydrogens (tertiary/aromatic N) is 2. The standard InChI is InChI=1S/C25H21N3O2S/c1-30-19-11-9-18(10-12-19)24-15-22(21-5-3-4-6-23(21)27-24)25(29)28-26-16-17-7-13-20(31-2)14-8-17/h3-16H,1-2H3,(H,28,29)/b26-16-. The highest BCUT2D eigenvalue weighted by Crippen LogP contribution is 2.26. The number of hydrogen-bond donors (Lipinski definition) is 1. The number of para-hydroxylation sites is 1. The van der Waals surface area contributed by atoms with Crippen LogP contribution in [0.1, 0.15) is 15.9 Å². The Morgan fingerprint density at radius 1 is 1.03 bits per heavy atom. The summed E-state index contributed by atoms with van der Waals surface area (Å²) in [5.41, 5.74) is 6.44. The number of rotatable bonds is 6. The molecule has 5 nitrogen and oxygen atoms in total. The van der Waals surface area contributed by atoms with Gasteiger partial charge < -0.3 is 4.74 Å². The maximum atomic E-state index is 13.0. The normalized spacial score (nSPS) is 11.0. The molecule has 0 radical (unpaired) electrons. The average molecular weight is 428 g/mol. The monoisotopic (exact) mass is 427 g/mol. The van der Waals surface area contributed by atoms with Crippen LogP contribution >= 0.6 is 11.8 Å². The Morgan fingerprint density at radius 3 is 2.48 bits per heavy atom. The fourth-order valence-electron chi connectivity index (χ4n) is 3.19. The van der Waals surface area contributed by atoms with E-state index in [0.717, 1.165) is 27.8 Å². The molecule has 0 bridgehead atoms. The molecule has 0 saturated heterocycles. The maximum absolute atomic E-state index is 13.0. The molecular weight excluding hydrogens is 406 g/mol. The van der Waals surface area contributed by atoms with E-state index in [-0.39, 0.29) is 5.91 Å². The number of aromatic nitrogens is 1. The van der Waals surface area contributed by atoms with E-state index in [9.17, 15) is 4.79 Å². The van der Waals surface area contributed by atoms with E-state index in [1.54, 1.807) is 31.2 Å². The number of hydrogen-bond acceptors (Lipinski definition) is 5. The van der Waals surface area contributed by atoms with Crippen LogP contribution in [0.4, 0.5) is 0 Å². The lowest BCUT2D eigenvalue weighted by Gasteiger charge is -2.09. The minimum atomic E-state index is -0.287. The predicted molar refractivity (Wildman–Crippen MR) is 127 cm³/mol. The SMILES string of the molecule is COc1ccc(-c2cc(C(=O)N/N=C\c3ccc(SC)cc3)c3ccccc3n2)cc1. The number of fused-ring (bicyclic) bond motifs is 1. The molecular formula is C25H21N3O2S. The van der Waals surface area contributed by atoms with Crippen LogP contribution in [0.5, 0.6) is 5.75 Å². The van der Waals surface area contributed by atoms with Crippen molar-refractivity contribution in [1.82, 2.24) is 10.4 Å². The highest BCUT2D eigenvalue weighted by molar-refractivity contribution is 7.98. The molecule has 0 aliphatic heterocycles. The van der Waals surface area contributed by atoms with Crippen LogP contribution in [0.3, 0.4) is 0 Å². The fourth-order valence-corrected chi connectivity index (χ4v) is 3.60. The van der Waals surface area contributed by atoms with Crippen molar-refractivity contribution in [3.05, 3.63) is 90.0 Å². The largest absolute Gasteiger partial charge is 0.497 e. The van der Waals surface area contributed by atoms with E-state index in [0.29, 0.717) is 11.3 Å². The van der Waals surface area contributed by atoms with Crippen molar-refractivity contribution >= 4 is 34.8 Å². The number of methoxy groups -OCH3 is 1. The Labute approximate surface area is 185 Å². The van der Waals surface area contributed by atoms with Crippen molar-refractivity contribution in [2.45, 2.75) is 4.90 Å². The van der Waals surface area contributed by atoms with E-state index in [1.165, 1.54) is 4.90 Å². The first kappa shape index (κ1) is 20.6. The summed E-state index contributed by atoms with van der Waals surface area (Å²) in [5, 5.41) is 4.91. The molecule has 0 saturated carbocycles. The molecule has 0 fully saturated rings. The van der Waals surface area contributed by atoms with Crippen molar-refractivity contribution in [3.8, 4) is 17.0 Å². The van der Waals surface area contributed by atoms with E-state index < -0.39 is 0 Å². The molecule has 1 aromatic heterocycles. The van der Waals surface area contributed by atoms with Gasteiger partial charge in [0.1, 0.15) is 5.75 Å². The Bertz CT molecular complexity index is 1240. The van der Waals surface area contributed by atoms with Gasteiger partial charge in [-0.15, -0.1) is 11.8 Å². The summed E-state index contributed by atoms with van der Waals surface area (Å²) in [4.78, 5) is 18.9. The number of carbonyl (C=O) groups excluding carboxylic acids is 1. The number of nitrogens with one attached hydrogen (secondary N) is 1. The minimum absolute atomic E-state index is 0.287. The minimum Gasteiger partial charge on any atom is -0.497 e. The Hall–Kier alpha value is -3.64. The molecule has 0 spiro atoms. The Morgan fingerprint density at radius 2 is 1.77 bits per heavy atom. The van der Waals surface area contributed by atoms with Gasteiger partial charge in [0.15, 0.2) is 0 Å². The molecule has 0 aliphatic carbocycles. The molecule has 1 heterocycles. The average Bonchev–Trinajstić information content (AvgIpc) is 2.83. The summed E-state index contributed by atoms with van der Waals surface area (Å²) in [6.45, 7) is 0. The third-order valence-electron chi connectivity index (χ3n) is 4.84. The second kappa shape index (κ2) is 9.45. The van der Waals surface area contributed by atoms with Crippen LogP contribution in [0.2, 0.25) is 0 Å². The number of carbonyl (C=O) groups is 1. The lowest BCUT2D eigenvalue weighted by molar-refractivity contribution is 0.0956. The van der Waals surface area contributed by atoms with Crippen LogP contribution in [-0.4, -0.2) is 30.5 Å². The molecule has 3 aromatic carbocycles. The predicted octanol–water partition coefficient (Wildman–Crippen LogP) is 5.40. The van der Waals surface area contributed by atoms with Crippen molar-refractivity contribution in [2.24, 2.45) is 5.10 Å². The summed E-state index contributed by atoms with van der Waals surface area (Å²) in [5.74, 6) is 0.479. The number of ether oxygens (including phenoxy) is 1. The van der Waals surface area contributed by atoms with Crippen LogP contribution in [0.15, 0.2) is 88.9 Å². The second-order valence-corrected chi connectivity index (χ2v) is 7.65. The summed E-state index contributed by atoms with van der Waals surface area (Å²) in [6.07, 6.45) is 3.67. The molecule has 154 valence electrons. The van der Waals surface area contributed by atoms with Gasteiger partial charge in [0.25, 0.3) is 5.91 Å². The molecule has 31 heavy (non-hydrogen) atoms. The van der Waals surface area contributed by atoms with Gasteiger partial charge in [-0.05, 0) is 60.4 Å². The Kier molecular flexibility index (Phi) is 6.29. The molecule has 1 N–H and O–H groups in total. The molecule has 4 aromatic rings. The van der Waals surface area contributed by atoms with Gasteiger partial charge in [-0.1, -0.05) is 30.3 Å². The third kappa shape index (κ3) is 4.75. The van der Waals surface area contributed by atoms with E-state index in [2.05, 4.69) is 10.5 Å². The van der Waals surface area contributed by atoms with E-state index in [4.69, 9.17) is 9.72 Å². The number of hydrazone groups is 1. The quantitative estimate of drug-likeness (QED) is 0.254. The van der Waals surface area contributed by atoms with Crippen LogP contribution < -0.4 is 10.2 Å². The third-order valence-corrected chi connectivity index (χ3v) is 5.59. The van der Waals surface area contributed by atoms with Gasteiger partial charge in [0, 0.05) is 15.8 Å². The second-order valence-electron chi connectivity index (χ2n) is 6.77. The van der Waals surface area contributed by atoms with Gasteiger partial charge in [0.05, 0.1) is 30.1 Å². The number of amides is 1. The molecule has 0 atom stereocenters. The van der Waals surface area contributed by atoms with Crippen LogP contribution in [-0.2, 0) is 0 Å². The van der Waals surface area contributed by atoms with Gasteiger partial charge >= 0.3 is 0 Å². The van der Waals surface area contributed by atoms with Crippen molar-refractivity contribution in [1.29, 1.82) is 0 Å². The van der Waals surface area contributed by atoms with Gasteiger partial charge in [-0.2, -0.15) is 5.10 Å². The lowest BCUT2D eigenvalue weighted by atomic mass is 10.0. The topological polar surface area (TPSA) is 63.6 Å². The summed E-state index contributed by atoms with van der Waals surface area (Å²) >= 11 is 1.68. The first-order valence-electron chi connectivity index (χ1n) is 9.69. The molecule has 4 rings (SSSR count). The van der Waals surface area contributed by atoms with Crippen molar-refractivity contribution in [2.75, 3.05) is 13.4 Å². The number of pyridine rings is 1. The van der Waals surface area contributed by atoms with Crippen molar-refractivity contribution < 1.29 is 9.53 Å². The molecule has 0 unspecified atom stereocenters. The molecule has 6 heteroatoms. The first-order chi connectivity index (χ1) is 15.2. The van der Waals surface area contributed by atoms with E-state index in [1.807, 2.05) is 79.1 Å². The van der Waals surface area contributed by atoms with Crippen molar-refractivity contribution in [3.63, 3.8) is 0 Å². The van der Waals surface area contributed by atoms with E-state index >= 15 is 0 Å². The highest BCUT2D eigenvalue weighted by atomic mass is 32.2. The highest BCUT2D eigenvalue weighted by Gasteiger charge is 2.13.